The van der Waals surface area contributed by atoms with Crippen LogP contribution in [-0.2, 0) is 16.0 Å². The van der Waals surface area contributed by atoms with Crippen molar-refractivity contribution in [1.29, 1.82) is 0 Å². The van der Waals surface area contributed by atoms with E-state index in [0.29, 0.717) is 25.5 Å². The molecule has 7 heteroatoms. The molecule has 1 aromatic heterocycles. The minimum absolute atomic E-state index is 0.0573. The molecule has 7 nitrogen and oxygen atoms in total. The lowest BCUT2D eigenvalue weighted by Gasteiger charge is -2.35. The van der Waals surface area contributed by atoms with Crippen LogP contribution in [0.2, 0.25) is 0 Å². The van der Waals surface area contributed by atoms with Crippen LogP contribution >= 0.6 is 0 Å². The molecule has 1 amide bonds. The van der Waals surface area contributed by atoms with E-state index in [0.717, 1.165) is 30.6 Å². The van der Waals surface area contributed by atoms with Gasteiger partial charge in [-0.05, 0) is 43.4 Å². The van der Waals surface area contributed by atoms with Gasteiger partial charge in [-0.2, -0.15) is 0 Å². The molecular formula is C22H30N4O3. The minimum Gasteiger partial charge on any atom is -0.492 e. The first-order valence-electron chi connectivity index (χ1n) is 10.3. The van der Waals surface area contributed by atoms with Crippen LogP contribution in [-0.4, -0.2) is 48.3 Å². The lowest BCUT2D eigenvalue weighted by atomic mass is 9.83. The highest BCUT2D eigenvalue weighted by atomic mass is 16.5. The highest BCUT2D eigenvalue weighted by molar-refractivity contribution is 5.78. The smallest absolute Gasteiger partial charge is 0.223 e. The monoisotopic (exact) mass is 398 g/mol. The molecule has 1 aliphatic carbocycles. The Balaban J connectivity index is 1.43. The molecule has 3 rings (SSSR count). The van der Waals surface area contributed by atoms with E-state index in [1.807, 2.05) is 42.7 Å². The number of rotatable bonds is 9. The number of nitrogens with one attached hydrogen (secondary N) is 2. The Kier molecular flexibility index (Phi) is 7.81. The molecule has 1 aromatic carbocycles. The van der Waals surface area contributed by atoms with Crippen LogP contribution in [0.3, 0.4) is 0 Å². The molecule has 0 unspecified atom stereocenters. The van der Waals surface area contributed by atoms with E-state index >= 15 is 0 Å². The van der Waals surface area contributed by atoms with E-state index in [1.165, 1.54) is 0 Å². The molecule has 1 fully saturated rings. The Morgan fingerprint density at radius 3 is 2.62 bits per heavy atom. The largest absolute Gasteiger partial charge is 0.492 e. The van der Waals surface area contributed by atoms with Gasteiger partial charge in [-0.25, -0.2) is 9.97 Å². The van der Waals surface area contributed by atoms with Gasteiger partial charge in [-0.3, -0.25) is 4.79 Å². The molecule has 29 heavy (non-hydrogen) atoms. The van der Waals surface area contributed by atoms with Gasteiger partial charge in [0.15, 0.2) is 0 Å². The number of methoxy groups -OCH3 is 1. The standard InChI is InChI=1S/C22H30N4O3/c1-3-16-14-24-22(25-15-16)26-19-10-9-17(13-20(19)28-2)21(27)23-11-12-29-18-7-5-4-6-8-18/h4-8,14-15,17,19-20H,3,9-13H2,1-2H3,(H,23,27)(H,24,25,26)/t17-,19-,20-/m0/s1. The number of carbonyl (C=O) groups excluding carboxylic acids is 1. The Morgan fingerprint density at radius 1 is 1.17 bits per heavy atom. The summed E-state index contributed by atoms with van der Waals surface area (Å²) in [6.07, 6.45) is 6.84. The molecule has 2 N–H and O–H groups in total. The zero-order valence-electron chi connectivity index (χ0n) is 17.1. The van der Waals surface area contributed by atoms with Crippen LogP contribution in [0.15, 0.2) is 42.7 Å². The van der Waals surface area contributed by atoms with Gasteiger partial charge < -0.3 is 20.1 Å². The van der Waals surface area contributed by atoms with Crippen molar-refractivity contribution < 1.29 is 14.3 Å². The van der Waals surface area contributed by atoms with Crippen LogP contribution in [0.5, 0.6) is 5.75 Å². The number of hydrogen-bond donors (Lipinski definition) is 2. The fraction of sp³-hybridized carbons (Fsp3) is 0.500. The first-order valence-corrected chi connectivity index (χ1v) is 10.3. The number of aryl methyl sites for hydroxylation is 1. The number of aromatic nitrogens is 2. The van der Waals surface area contributed by atoms with E-state index in [1.54, 1.807) is 7.11 Å². The zero-order valence-corrected chi connectivity index (χ0v) is 17.1. The lowest BCUT2D eigenvalue weighted by molar-refractivity contribution is -0.127. The van der Waals surface area contributed by atoms with Crippen molar-refractivity contribution >= 4 is 11.9 Å². The van der Waals surface area contributed by atoms with Crippen molar-refractivity contribution in [2.45, 2.75) is 44.8 Å². The molecule has 0 bridgehead atoms. The molecule has 1 aliphatic rings. The first-order chi connectivity index (χ1) is 14.2. The number of benzene rings is 1. The predicted molar refractivity (Wildman–Crippen MR) is 112 cm³/mol. The van der Waals surface area contributed by atoms with Crippen LogP contribution in [0.4, 0.5) is 5.95 Å². The Hall–Kier alpha value is -2.67. The maximum atomic E-state index is 12.5. The molecular weight excluding hydrogens is 368 g/mol. The third-order valence-corrected chi connectivity index (χ3v) is 5.31. The second-order valence-electron chi connectivity index (χ2n) is 7.26. The van der Waals surface area contributed by atoms with Gasteiger partial charge in [-0.1, -0.05) is 25.1 Å². The summed E-state index contributed by atoms with van der Waals surface area (Å²) in [5, 5.41) is 6.34. The van der Waals surface area contributed by atoms with Gasteiger partial charge in [0.05, 0.1) is 18.7 Å². The Morgan fingerprint density at radius 2 is 1.93 bits per heavy atom. The van der Waals surface area contributed by atoms with Crippen molar-refractivity contribution in [3.8, 4) is 5.75 Å². The number of carbonyl (C=O) groups is 1. The van der Waals surface area contributed by atoms with E-state index in [2.05, 4.69) is 27.5 Å². The maximum Gasteiger partial charge on any atom is 0.223 e. The molecule has 2 aromatic rings. The number of hydrogen-bond acceptors (Lipinski definition) is 6. The molecule has 1 heterocycles. The number of anilines is 1. The quantitative estimate of drug-likeness (QED) is 0.632. The first kappa shape index (κ1) is 21.0. The summed E-state index contributed by atoms with van der Waals surface area (Å²) in [7, 11) is 1.69. The SMILES string of the molecule is CCc1cnc(N[C@H]2CC[C@H](C(=O)NCCOc3ccccc3)C[C@@H]2OC)nc1. The van der Waals surface area contributed by atoms with E-state index < -0.39 is 0 Å². The third-order valence-electron chi connectivity index (χ3n) is 5.31. The van der Waals surface area contributed by atoms with Gasteiger partial charge in [0.1, 0.15) is 12.4 Å². The average Bonchev–Trinajstić information content (AvgIpc) is 2.78. The van der Waals surface area contributed by atoms with Gasteiger partial charge >= 0.3 is 0 Å². The number of para-hydroxylation sites is 1. The van der Waals surface area contributed by atoms with Crippen molar-refractivity contribution in [2.24, 2.45) is 5.92 Å². The average molecular weight is 399 g/mol. The maximum absolute atomic E-state index is 12.5. The van der Waals surface area contributed by atoms with Gasteiger partial charge in [0.2, 0.25) is 11.9 Å². The Bertz CT molecular complexity index is 754. The predicted octanol–water partition coefficient (Wildman–Crippen LogP) is 2.83. The summed E-state index contributed by atoms with van der Waals surface area (Å²) in [5.41, 5.74) is 1.11. The summed E-state index contributed by atoms with van der Waals surface area (Å²) in [6.45, 7) is 3.01. The summed E-state index contributed by atoms with van der Waals surface area (Å²) in [5.74, 6) is 1.42. The van der Waals surface area contributed by atoms with Gasteiger partial charge in [-0.15, -0.1) is 0 Å². The summed E-state index contributed by atoms with van der Waals surface area (Å²) < 4.78 is 11.3. The molecule has 0 saturated heterocycles. The van der Waals surface area contributed by atoms with Crippen LogP contribution in [0.1, 0.15) is 31.7 Å². The molecule has 0 aliphatic heterocycles. The van der Waals surface area contributed by atoms with Crippen LogP contribution < -0.4 is 15.4 Å². The number of ether oxygens (including phenoxy) is 2. The fourth-order valence-electron chi connectivity index (χ4n) is 3.57. The fourth-order valence-corrected chi connectivity index (χ4v) is 3.57. The Labute approximate surface area is 172 Å². The number of amides is 1. The summed E-state index contributed by atoms with van der Waals surface area (Å²) in [4.78, 5) is 21.3. The van der Waals surface area contributed by atoms with Crippen molar-refractivity contribution in [3.63, 3.8) is 0 Å². The third kappa shape index (κ3) is 6.15. The van der Waals surface area contributed by atoms with E-state index in [9.17, 15) is 4.79 Å². The highest BCUT2D eigenvalue weighted by Gasteiger charge is 2.34. The van der Waals surface area contributed by atoms with Crippen LogP contribution in [0.25, 0.3) is 0 Å². The van der Waals surface area contributed by atoms with Crippen molar-refractivity contribution in [2.75, 3.05) is 25.6 Å². The van der Waals surface area contributed by atoms with E-state index in [-0.39, 0.29) is 24.0 Å². The number of nitrogens with zero attached hydrogens (tertiary/aromatic N) is 2. The molecule has 156 valence electrons. The minimum atomic E-state index is -0.0606. The van der Waals surface area contributed by atoms with Crippen molar-refractivity contribution in [3.05, 3.63) is 48.3 Å². The molecule has 0 spiro atoms. The molecule has 1 saturated carbocycles. The molecule has 3 atom stereocenters. The zero-order chi connectivity index (χ0) is 20.5. The molecule has 0 radical (unpaired) electrons. The highest BCUT2D eigenvalue weighted by Crippen LogP contribution is 2.28. The van der Waals surface area contributed by atoms with Gasteiger partial charge in [0, 0.05) is 25.4 Å². The summed E-state index contributed by atoms with van der Waals surface area (Å²) >= 11 is 0. The lowest BCUT2D eigenvalue weighted by Crippen LogP contribution is -2.45. The second kappa shape index (κ2) is 10.8. The summed E-state index contributed by atoms with van der Waals surface area (Å²) in [6, 6.07) is 9.69. The van der Waals surface area contributed by atoms with Crippen molar-refractivity contribution in [1.82, 2.24) is 15.3 Å². The van der Waals surface area contributed by atoms with Gasteiger partial charge in [0.25, 0.3) is 0 Å². The van der Waals surface area contributed by atoms with Crippen LogP contribution in [0, 0.1) is 5.92 Å². The van der Waals surface area contributed by atoms with E-state index in [4.69, 9.17) is 9.47 Å². The normalized spacial score (nSPS) is 21.4. The topological polar surface area (TPSA) is 85.4 Å². The second-order valence-corrected chi connectivity index (χ2v) is 7.26.